The van der Waals surface area contributed by atoms with E-state index in [1.807, 2.05) is 39.9 Å². The van der Waals surface area contributed by atoms with E-state index < -0.39 is 0 Å². The van der Waals surface area contributed by atoms with Gasteiger partial charge in [-0.05, 0) is 42.5 Å². The fourth-order valence-corrected chi connectivity index (χ4v) is 5.44. The topological polar surface area (TPSA) is 113 Å². The molecule has 5 heterocycles. The van der Waals surface area contributed by atoms with Crippen LogP contribution in [-0.2, 0) is 16.0 Å². The highest BCUT2D eigenvalue weighted by atomic mass is 16.6. The second-order valence-corrected chi connectivity index (χ2v) is 10.1. The first-order valence-corrected chi connectivity index (χ1v) is 12.8. The summed E-state index contributed by atoms with van der Waals surface area (Å²) in [6, 6.07) is 12.6. The fourth-order valence-electron chi connectivity index (χ4n) is 5.44. The smallest absolute Gasteiger partial charge is 0.410 e. The van der Waals surface area contributed by atoms with Gasteiger partial charge in [0.2, 0.25) is 0 Å². The van der Waals surface area contributed by atoms with Crippen molar-refractivity contribution < 1.29 is 14.3 Å². The van der Waals surface area contributed by atoms with Crippen LogP contribution in [0.25, 0.3) is 28.0 Å². The second kappa shape index (κ2) is 9.51. The number of hydrogen-bond donors (Lipinski definition) is 1. The zero-order valence-corrected chi connectivity index (χ0v) is 21.1. The predicted octanol–water partition coefficient (Wildman–Crippen LogP) is 4.17. The van der Waals surface area contributed by atoms with Crippen molar-refractivity contribution >= 4 is 17.4 Å². The number of benzene rings is 1. The largest absolute Gasteiger partial charge is 0.447 e. The summed E-state index contributed by atoms with van der Waals surface area (Å²) in [5.41, 5.74) is 12.0. The molecule has 0 radical (unpaired) electrons. The molecule has 192 valence electrons. The summed E-state index contributed by atoms with van der Waals surface area (Å²) in [6.07, 6.45) is 4.87. The highest BCUT2D eigenvalue weighted by Gasteiger charge is 2.35. The third-order valence-electron chi connectivity index (χ3n) is 7.42. The van der Waals surface area contributed by atoms with Crippen LogP contribution in [0.15, 0.2) is 48.9 Å². The van der Waals surface area contributed by atoms with Crippen LogP contribution in [0.4, 0.5) is 10.6 Å². The van der Waals surface area contributed by atoms with E-state index in [4.69, 9.17) is 15.2 Å². The molecule has 37 heavy (non-hydrogen) atoms. The lowest BCUT2D eigenvalue weighted by Gasteiger charge is -2.24. The molecule has 0 bridgehead atoms. The number of ether oxygens (including phenoxy) is 2. The number of nitrogen functional groups attached to an aromatic ring is 1. The quantitative estimate of drug-likeness (QED) is 0.422. The van der Waals surface area contributed by atoms with E-state index in [1.54, 1.807) is 0 Å². The molecule has 4 aromatic rings. The van der Waals surface area contributed by atoms with Crippen LogP contribution < -0.4 is 5.73 Å². The van der Waals surface area contributed by atoms with Gasteiger partial charge < -0.3 is 15.2 Å². The summed E-state index contributed by atoms with van der Waals surface area (Å²) in [5.74, 6) is 0.721. The van der Waals surface area contributed by atoms with E-state index in [9.17, 15) is 4.79 Å². The first-order chi connectivity index (χ1) is 18.0. The van der Waals surface area contributed by atoms with Crippen molar-refractivity contribution in [1.82, 2.24) is 29.3 Å². The first kappa shape index (κ1) is 23.5. The molecular weight excluding hydrogens is 470 g/mol. The van der Waals surface area contributed by atoms with Crippen LogP contribution in [0.5, 0.6) is 0 Å². The standard InChI is InChI=1S/C27H31N7O3/c1-17(2)24-15-37-27(35)32(24)14-18-4-3-5-19(12-18)23-13-21(25-26(28)29-16-31-34(23)25)22-6-9-30-33(22)20-7-10-36-11-8-20/h3-6,9,12-13,16-17,20,24H,7-8,10-11,14-15H2,1-2H3,(H2,28,29,31)/t24-/m1/s1. The Morgan fingerprint density at radius 2 is 1.95 bits per heavy atom. The Morgan fingerprint density at radius 3 is 2.76 bits per heavy atom. The molecule has 2 aliphatic rings. The first-order valence-electron chi connectivity index (χ1n) is 12.8. The molecule has 0 spiro atoms. The lowest BCUT2D eigenvalue weighted by Crippen LogP contribution is -2.36. The highest BCUT2D eigenvalue weighted by Crippen LogP contribution is 2.37. The summed E-state index contributed by atoms with van der Waals surface area (Å²) < 4.78 is 14.8. The zero-order chi connectivity index (χ0) is 25.5. The molecule has 3 aromatic heterocycles. The number of nitrogens with two attached hydrogens (primary N) is 1. The van der Waals surface area contributed by atoms with Crippen molar-refractivity contribution in [3.8, 4) is 22.5 Å². The average molecular weight is 502 g/mol. The molecule has 10 heteroatoms. The number of rotatable bonds is 6. The Labute approximate surface area is 215 Å². The minimum atomic E-state index is -0.263. The van der Waals surface area contributed by atoms with Gasteiger partial charge in [0.25, 0.3) is 0 Å². The van der Waals surface area contributed by atoms with E-state index >= 15 is 0 Å². The Balaban J connectivity index is 1.41. The molecule has 0 unspecified atom stereocenters. The summed E-state index contributed by atoms with van der Waals surface area (Å²) in [4.78, 5) is 18.5. The van der Waals surface area contributed by atoms with Crippen molar-refractivity contribution in [1.29, 1.82) is 0 Å². The van der Waals surface area contributed by atoms with Crippen LogP contribution >= 0.6 is 0 Å². The minimum Gasteiger partial charge on any atom is -0.447 e. The second-order valence-electron chi connectivity index (χ2n) is 10.1. The summed E-state index contributed by atoms with van der Waals surface area (Å²) in [7, 11) is 0. The van der Waals surface area contributed by atoms with E-state index in [0.717, 1.165) is 59.7 Å². The Kier molecular flexibility index (Phi) is 6.03. The molecule has 0 saturated carbocycles. The normalized spacial score (nSPS) is 18.7. The van der Waals surface area contributed by atoms with E-state index in [2.05, 4.69) is 45.8 Å². The number of fused-ring (bicyclic) bond motifs is 1. The Morgan fingerprint density at radius 1 is 1.11 bits per heavy atom. The minimum absolute atomic E-state index is 0.0647. The van der Waals surface area contributed by atoms with E-state index in [0.29, 0.717) is 24.9 Å². The van der Waals surface area contributed by atoms with Gasteiger partial charge in [0.1, 0.15) is 18.5 Å². The number of cyclic esters (lactones) is 1. The van der Waals surface area contributed by atoms with E-state index in [1.165, 1.54) is 6.33 Å². The van der Waals surface area contributed by atoms with Crippen LogP contribution in [0.2, 0.25) is 0 Å². The van der Waals surface area contributed by atoms with Gasteiger partial charge in [-0.1, -0.05) is 32.0 Å². The third kappa shape index (κ3) is 4.21. The fraction of sp³-hybridized carbons (Fsp3) is 0.407. The van der Waals surface area contributed by atoms with Gasteiger partial charge in [-0.25, -0.2) is 14.3 Å². The van der Waals surface area contributed by atoms with Gasteiger partial charge >= 0.3 is 6.09 Å². The molecule has 1 atom stereocenters. The van der Waals surface area contributed by atoms with Crippen LogP contribution in [0.1, 0.15) is 38.3 Å². The maximum Gasteiger partial charge on any atom is 0.410 e. The molecule has 2 saturated heterocycles. The van der Waals surface area contributed by atoms with Gasteiger partial charge in [0.05, 0.1) is 23.5 Å². The van der Waals surface area contributed by atoms with Gasteiger partial charge in [-0.2, -0.15) is 10.2 Å². The maximum atomic E-state index is 12.4. The Hall–Kier alpha value is -3.92. The number of amides is 1. The molecule has 2 aliphatic heterocycles. The molecule has 2 N–H and O–H groups in total. The van der Waals surface area contributed by atoms with Crippen molar-refractivity contribution in [3.63, 3.8) is 0 Å². The number of hydrogen-bond acceptors (Lipinski definition) is 7. The molecule has 10 nitrogen and oxygen atoms in total. The zero-order valence-electron chi connectivity index (χ0n) is 21.1. The molecule has 1 amide bonds. The summed E-state index contributed by atoms with van der Waals surface area (Å²) in [6.45, 7) is 6.59. The van der Waals surface area contributed by atoms with E-state index in [-0.39, 0.29) is 18.2 Å². The third-order valence-corrected chi connectivity index (χ3v) is 7.42. The van der Waals surface area contributed by atoms with Crippen LogP contribution in [0.3, 0.4) is 0 Å². The predicted molar refractivity (Wildman–Crippen MR) is 139 cm³/mol. The molecular formula is C27H31N7O3. The van der Waals surface area contributed by atoms with Crippen molar-refractivity contribution in [2.24, 2.45) is 5.92 Å². The summed E-state index contributed by atoms with van der Waals surface area (Å²) >= 11 is 0. The van der Waals surface area contributed by atoms with Crippen molar-refractivity contribution in [3.05, 3.63) is 54.5 Å². The molecule has 1 aromatic carbocycles. The van der Waals surface area contributed by atoms with Crippen LogP contribution in [0, 0.1) is 5.92 Å². The molecule has 2 fully saturated rings. The number of aromatic nitrogens is 5. The SMILES string of the molecule is CC(C)[C@H]1COC(=O)N1Cc1cccc(-c2cc(-c3ccnn3C3CCOCC3)c3c(N)ncnn23)c1. The van der Waals surface area contributed by atoms with Crippen molar-refractivity contribution in [2.45, 2.75) is 45.3 Å². The maximum absolute atomic E-state index is 12.4. The average Bonchev–Trinajstić information content (AvgIpc) is 3.63. The lowest BCUT2D eigenvalue weighted by molar-refractivity contribution is 0.0667. The van der Waals surface area contributed by atoms with Crippen LogP contribution in [-0.4, -0.2) is 61.2 Å². The molecule has 6 rings (SSSR count). The molecule has 0 aliphatic carbocycles. The van der Waals surface area contributed by atoms with Crippen molar-refractivity contribution in [2.75, 3.05) is 25.6 Å². The number of anilines is 1. The van der Waals surface area contributed by atoms with Gasteiger partial charge in [-0.15, -0.1) is 0 Å². The highest BCUT2D eigenvalue weighted by molar-refractivity contribution is 5.91. The van der Waals surface area contributed by atoms with Gasteiger partial charge in [0.15, 0.2) is 5.82 Å². The number of carbonyl (C=O) groups excluding carboxylic acids is 1. The lowest BCUT2D eigenvalue weighted by atomic mass is 10.0. The van der Waals surface area contributed by atoms with Gasteiger partial charge in [-0.3, -0.25) is 9.58 Å². The van der Waals surface area contributed by atoms with Gasteiger partial charge in [0, 0.05) is 37.1 Å². The number of nitrogens with zero attached hydrogens (tertiary/aromatic N) is 6. The summed E-state index contributed by atoms with van der Waals surface area (Å²) in [5, 5.41) is 9.22. The number of carbonyl (C=O) groups is 1. The monoisotopic (exact) mass is 501 g/mol. The Bertz CT molecular complexity index is 1440.